The van der Waals surface area contributed by atoms with Crippen LogP contribution in [0.3, 0.4) is 0 Å². The van der Waals surface area contributed by atoms with Gasteiger partial charge in [-0.3, -0.25) is 9.20 Å². The quantitative estimate of drug-likeness (QED) is 0.472. The van der Waals surface area contributed by atoms with Crippen molar-refractivity contribution >= 4 is 34.7 Å². The highest BCUT2D eigenvalue weighted by atomic mass is 35.5. The summed E-state index contributed by atoms with van der Waals surface area (Å²) in [7, 11) is 0. The summed E-state index contributed by atoms with van der Waals surface area (Å²) in [5, 5.41) is 5.64. The van der Waals surface area contributed by atoms with E-state index in [2.05, 4.69) is 15.6 Å². The minimum absolute atomic E-state index is 0.0628. The fourth-order valence-corrected chi connectivity index (χ4v) is 3.04. The number of urea groups is 1. The molecule has 0 unspecified atom stereocenters. The van der Waals surface area contributed by atoms with E-state index in [0.717, 1.165) is 0 Å². The number of rotatable bonds is 5. The Morgan fingerprint density at radius 2 is 1.77 bits per heavy atom. The second-order valence-electron chi connectivity index (χ2n) is 6.57. The first-order valence-electron chi connectivity index (χ1n) is 9.20. The van der Waals surface area contributed by atoms with E-state index in [4.69, 9.17) is 16.3 Å². The molecule has 2 aromatic heterocycles. The van der Waals surface area contributed by atoms with E-state index in [1.54, 1.807) is 42.5 Å². The van der Waals surface area contributed by atoms with E-state index in [1.807, 2.05) is 0 Å². The lowest BCUT2D eigenvalue weighted by Gasteiger charge is -2.10. The molecule has 156 valence electrons. The lowest BCUT2D eigenvalue weighted by atomic mass is 10.3. The smallest absolute Gasteiger partial charge is 0.323 e. The summed E-state index contributed by atoms with van der Waals surface area (Å²) < 4.78 is 20.3. The van der Waals surface area contributed by atoms with E-state index in [-0.39, 0.29) is 12.2 Å². The summed E-state index contributed by atoms with van der Waals surface area (Å²) in [5.74, 6) is 0.0277. The highest BCUT2D eigenvalue weighted by Gasteiger charge is 2.07. The maximum absolute atomic E-state index is 13.2. The van der Waals surface area contributed by atoms with Crippen LogP contribution in [0.15, 0.2) is 77.7 Å². The predicted molar refractivity (Wildman–Crippen MR) is 116 cm³/mol. The zero-order valence-corrected chi connectivity index (χ0v) is 16.8. The number of nitrogens with zero attached hydrogens (tertiary/aromatic N) is 2. The second-order valence-corrected chi connectivity index (χ2v) is 7.00. The molecule has 9 heteroatoms. The molecular weight excluding hydrogens is 423 g/mol. The van der Waals surface area contributed by atoms with E-state index in [0.29, 0.717) is 33.5 Å². The summed E-state index contributed by atoms with van der Waals surface area (Å²) in [4.78, 5) is 28.8. The van der Waals surface area contributed by atoms with Gasteiger partial charge in [0.2, 0.25) is 0 Å². The monoisotopic (exact) mass is 438 g/mol. The second kappa shape index (κ2) is 8.85. The van der Waals surface area contributed by atoms with Crippen molar-refractivity contribution in [3.63, 3.8) is 0 Å². The molecule has 0 atom stereocenters. The molecule has 0 aliphatic rings. The zero-order valence-electron chi connectivity index (χ0n) is 16.0. The van der Waals surface area contributed by atoms with Gasteiger partial charge in [-0.15, -0.1) is 0 Å². The van der Waals surface area contributed by atoms with E-state index in [9.17, 15) is 14.0 Å². The van der Waals surface area contributed by atoms with Crippen LogP contribution in [0.2, 0.25) is 5.02 Å². The van der Waals surface area contributed by atoms with Gasteiger partial charge in [0.15, 0.2) is 0 Å². The topological polar surface area (TPSA) is 84.7 Å². The predicted octanol–water partition coefficient (Wildman–Crippen LogP) is 4.71. The highest BCUT2D eigenvalue weighted by Crippen LogP contribution is 2.19. The van der Waals surface area contributed by atoms with Crippen LogP contribution >= 0.6 is 11.6 Å². The van der Waals surface area contributed by atoms with Crippen LogP contribution in [0, 0.1) is 5.82 Å². The number of aromatic nitrogens is 2. The Balaban J connectivity index is 1.42. The van der Waals surface area contributed by atoms with Crippen LogP contribution in [0.5, 0.6) is 5.75 Å². The average molecular weight is 439 g/mol. The molecule has 2 amide bonds. The molecular formula is C22H16ClFN4O3. The maximum Gasteiger partial charge on any atom is 0.323 e. The van der Waals surface area contributed by atoms with E-state index >= 15 is 0 Å². The third-order valence-corrected chi connectivity index (χ3v) is 4.46. The Hall–Kier alpha value is -3.91. The maximum atomic E-state index is 13.2. The van der Waals surface area contributed by atoms with Crippen molar-refractivity contribution in [3.8, 4) is 5.75 Å². The van der Waals surface area contributed by atoms with Crippen molar-refractivity contribution in [1.29, 1.82) is 0 Å². The Kier molecular flexibility index (Phi) is 5.81. The lowest BCUT2D eigenvalue weighted by molar-refractivity contribution is 0.262. The van der Waals surface area contributed by atoms with Crippen LogP contribution < -0.4 is 20.9 Å². The Labute approximate surface area is 181 Å². The van der Waals surface area contributed by atoms with Gasteiger partial charge in [-0.05, 0) is 42.5 Å². The number of carbonyl (C=O) groups excluding carboxylic acids is 1. The standard InChI is InChI=1S/C22H16ClFN4O3/c23-14-7-8-20-25-18(11-21(29)28(20)12-14)13-31-19-6-2-5-17(10-19)27-22(30)26-16-4-1-3-15(24)9-16/h1-12H,13H2,(H2,26,27,30). The molecule has 0 aliphatic heterocycles. The molecule has 0 bridgehead atoms. The Morgan fingerprint density at radius 1 is 1.03 bits per heavy atom. The van der Waals surface area contributed by atoms with Gasteiger partial charge in [-0.25, -0.2) is 14.2 Å². The van der Waals surface area contributed by atoms with Crippen LogP contribution in [-0.4, -0.2) is 15.4 Å². The van der Waals surface area contributed by atoms with E-state index in [1.165, 1.54) is 34.9 Å². The number of carbonyl (C=O) groups is 1. The van der Waals surface area contributed by atoms with Crippen molar-refractivity contribution in [2.45, 2.75) is 6.61 Å². The summed E-state index contributed by atoms with van der Waals surface area (Å²) in [6.45, 7) is 0.0628. The number of hydrogen-bond acceptors (Lipinski definition) is 4. The molecule has 0 saturated heterocycles. The highest BCUT2D eigenvalue weighted by molar-refractivity contribution is 6.30. The van der Waals surface area contributed by atoms with Crippen molar-refractivity contribution in [1.82, 2.24) is 9.38 Å². The van der Waals surface area contributed by atoms with Crippen molar-refractivity contribution in [2.24, 2.45) is 0 Å². The van der Waals surface area contributed by atoms with Gasteiger partial charge >= 0.3 is 6.03 Å². The number of pyridine rings is 1. The number of anilines is 2. The molecule has 31 heavy (non-hydrogen) atoms. The van der Waals surface area contributed by atoms with Gasteiger partial charge in [0, 0.05) is 29.7 Å². The fourth-order valence-electron chi connectivity index (χ4n) is 2.88. The molecule has 0 spiro atoms. The summed E-state index contributed by atoms with van der Waals surface area (Å²) >= 11 is 5.91. The summed E-state index contributed by atoms with van der Waals surface area (Å²) in [6, 6.07) is 16.5. The van der Waals surface area contributed by atoms with Gasteiger partial charge in [0.05, 0.1) is 10.7 Å². The molecule has 0 fully saturated rings. The molecule has 2 heterocycles. The summed E-state index contributed by atoms with van der Waals surface area (Å²) in [6.07, 6.45) is 1.50. The molecule has 7 nitrogen and oxygen atoms in total. The number of fused-ring (bicyclic) bond motifs is 1. The van der Waals surface area contributed by atoms with Crippen molar-refractivity contribution in [2.75, 3.05) is 10.6 Å². The van der Waals surface area contributed by atoms with Crippen LogP contribution in [0.1, 0.15) is 5.69 Å². The number of halogens is 2. The Bertz CT molecular complexity index is 1330. The first-order valence-corrected chi connectivity index (χ1v) is 9.58. The number of ether oxygens (including phenoxy) is 1. The number of benzene rings is 2. The molecule has 2 aromatic carbocycles. The van der Waals surface area contributed by atoms with Crippen molar-refractivity contribution < 1.29 is 13.9 Å². The minimum atomic E-state index is -0.523. The minimum Gasteiger partial charge on any atom is -0.487 e. The zero-order chi connectivity index (χ0) is 21.8. The molecule has 0 saturated carbocycles. The first kappa shape index (κ1) is 20.4. The van der Waals surface area contributed by atoms with Gasteiger partial charge in [-0.2, -0.15) is 0 Å². The van der Waals surface area contributed by atoms with Gasteiger partial charge < -0.3 is 15.4 Å². The van der Waals surface area contributed by atoms with Crippen molar-refractivity contribution in [3.05, 3.63) is 99.8 Å². The van der Waals surface area contributed by atoms with Gasteiger partial charge in [-0.1, -0.05) is 23.7 Å². The molecule has 2 N–H and O–H groups in total. The SMILES string of the molecule is O=C(Nc1cccc(F)c1)Nc1cccc(OCc2cc(=O)n3cc(Cl)ccc3n2)c1. The summed E-state index contributed by atoms with van der Waals surface area (Å²) in [5.41, 5.74) is 1.46. The van der Waals surface area contributed by atoms with Crippen LogP contribution in [-0.2, 0) is 6.61 Å². The number of hydrogen-bond donors (Lipinski definition) is 2. The first-order chi connectivity index (χ1) is 15.0. The normalized spacial score (nSPS) is 10.6. The average Bonchev–Trinajstić information content (AvgIpc) is 2.73. The molecule has 0 aliphatic carbocycles. The molecule has 0 radical (unpaired) electrons. The molecule has 4 aromatic rings. The number of nitrogens with one attached hydrogen (secondary N) is 2. The van der Waals surface area contributed by atoms with Crippen LogP contribution in [0.4, 0.5) is 20.6 Å². The largest absolute Gasteiger partial charge is 0.487 e. The Morgan fingerprint density at radius 3 is 2.55 bits per heavy atom. The third-order valence-electron chi connectivity index (χ3n) is 4.24. The fraction of sp³-hybridized carbons (Fsp3) is 0.0455. The lowest BCUT2D eigenvalue weighted by Crippen LogP contribution is -2.19. The van der Waals surface area contributed by atoms with Gasteiger partial charge in [0.1, 0.15) is 23.8 Å². The number of amides is 2. The van der Waals surface area contributed by atoms with E-state index < -0.39 is 11.8 Å². The van der Waals surface area contributed by atoms with Crippen LogP contribution in [0.25, 0.3) is 5.65 Å². The third kappa shape index (κ3) is 5.18. The molecule has 4 rings (SSSR count). The van der Waals surface area contributed by atoms with Gasteiger partial charge in [0.25, 0.3) is 5.56 Å².